The summed E-state index contributed by atoms with van der Waals surface area (Å²) in [7, 11) is -6.12. The Morgan fingerprint density at radius 2 is 1.74 bits per heavy atom. The Morgan fingerprint density at radius 1 is 1.10 bits per heavy atom. The van der Waals surface area contributed by atoms with Crippen LogP contribution in [0.4, 0.5) is 24.5 Å². The van der Waals surface area contributed by atoms with Gasteiger partial charge in [0.05, 0.1) is 23.4 Å². The number of aryl methyl sites for hydroxylation is 1. The number of nitrogens with zero attached hydrogens (tertiary/aromatic N) is 3. The van der Waals surface area contributed by atoms with Crippen molar-refractivity contribution in [2.45, 2.75) is 51.1 Å². The van der Waals surface area contributed by atoms with Gasteiger partial charge in [0.1, 0.15) is 5.82 Å². The molecule has 1 aromatic heterocycles. The fourth-order valence-corrected chi connectivity index (χ4v) is 5.09. The zero-order valence-electron chi connectivity index (χ0n) is 20.8. The van der Waals surface area contributed by atoms with Gasteiger partial charge in [-0.05, 0) is 36.2 Å². The van der Waals surface area contributed by atoms with Gasteiger partial charge in [0.15, 0.2) is 5.15 Å². The van der Waals surface area contributed by atoms with Crippen LogP contribution in [0.25, 0.3) is 0 Å². The van der Waals surface area contributed by atoms with Gasteiger partial charge < -0.3 is 15.4 Å². The molecule has 2 aromatic carbocycles. The number of carboxylic acid groups (broad SMARTS) is 1. The Labute approximate surface area is 228 Å². The molecule has 1 amide bonds. The first-order valence-corrected chi connectivity index (χ1v) is 13.6. The van der Waals surface area contributed by atoms with Gasteiger partial charge in [0.25, 0.3) is 5.91 Å². The number of anilines is 2. The van der Waals surface area contributed by atoms with E-state index in [1.54, 1.807) is 4.57 Å². The maximum atomic E-state index is 13.6. The molecule has 210 valence electrons. The summed E-state index contributed by atoms with van der Waals surface area (Å²) in [6.45, 7) is 2.13. The number of alkyl halides is 3. The van der Waals surface area contributed by atoms with Crippen LogP contribution in [0.2, 0.25) is 5.15 Å². The zero-order valence-corrected chi connectivity index (χ0v) is 22.4. The van der Waals surface area contributed by atoms with E-state index >= 15 is 0 Å². The third kappa shape index (κ3) is 6.71. The monoisotopic (exact) mass is 586 g/mol. The SMILES string of the molecule is CCCCc1nc(Cl)c(CCC(=O)O)n1Cc1ccc(N(C(=O)c2ccccc2N)S(=O)(=O)C(F)(F)F)cc1. The fraction of sp³-hybridized carbons (Fsp3) is 0.320. The molecule has 0 bridgehead atoms. The summed E-state index contributed by atoms with van der Waals surface area (Å²) in [6, 6.07) is 10.1. The number of aromatic nitrogens is 2. The Hall–Kier alpha value is -3.58. The van der Waals surface area contributed by atoms with E-state index in [1.807, 2.05) is 6.92 Å². The highest BCUT2D eigenvalue weighted by Crippen LogP contribution is 2.33. The predicted molar refractivity (Wildman–Crippen MR) is 140 cm³/mol. The highest BCUT2D eigenvalue weighted by atomic mass is 35.5. The number of unbranched alkanes of at least 4 members (excludes halogenated alkanes) is 1. The largest absolute Gasteiger partial charge is 0.517 e. The summed E-state index contributed by atoms with van der Waals surface area (Å²) < 4.78 is 67.0. The number of sulfonamides is 1. The molecule has 0 spiro atoms. The first-order chi connectivity index (χ1) is 18.3. The number of rotatable bonds is 11. The number of aliphatic carboxylic acids is 1. The van der Waals surface area contributed by atoms with Gasteiger partial charge in [0.2, 0.25) is 0 Å². The summed E-state index contributed by atoms with van der Waals surface area (Å²) in [5, 5.41) is 9.26. The number of halogens is 4. The van der Waals surface area contributed by atoms with Crippen LogP contribution in [-0.4, -0.2) is 40.5 Å². The Bertz CT molecular complexity index is 1460. The van der Waals surface area contributed by atoms with Crippen LogP contribution in [0.3, 0.4) is 0 Å². The number of carboxylic acids is 1. The molecule has 14 heteroatoms. The topological polar surface area (TPSA) is 136 Å². The van der Waals surface area contributed by atoms with Gasteiger partial charge in [0, 0.05) is 25.1 Å². The predicted octanol–water partition coefficient (Wildman–Crippen LogP) is 5.02. The average Bonchev–Trinajstić information content (AvgIpc) is 3.15. The Kier molecular flexibility index (Phi) is 9.28. The first-order valence-electron chi connectivity index (χ1n) is 11.8. The van der Waals surface area contributed by atoms with Crippen molar-refractivity contribution >= 4 is 44.9 Å². The Morgan fingerprint density at radius 3 is 2.31 bits per heavy atom. The van der Waals surface area contributed by atoms with E-state index in [0.29, 0.717) is 23.5 Å². The number of nitrogen functional groups attached to an aromatic ring is 1. The molecule has 39 heavy (non-hydrogen) atoms. The van der Waals surface area contributed by atoms with E-state index in [-0.39, 0.29) is 34.5 Å². The molecular weight excluding hydrogens is 561 g/mol. The summed E-state index contributed by atoms with van der Waals surface area (Å²) in [5.41, 5.74) is -0.149. The fourth-order valence-electron chi connectivity index (χ4n) is 3.87. The second kappa shape index (κ2) is 12.1. The van der Waals surface area contributed by atoms with E-state index in [0.717, 1.165) is 31.0 Å². The lowest BCUT2D eigenvalue weighted by Gasteiger charge is -2.24. The molecule has 0 unspecified atom stereocenters. The number of imidazole rings is 1. The van der Waals surface area contributed by atoms with Crippen molar-refractivity contribution in [1.29, 1.82) is 0 Å². The first kappa shape index (κ1) is 30.0. The number of para-hydroxylation sites is 1. The zero-order chi connectivity index (χ0) is 29.0. The maximum Gasteiger partial charge on any atom is 0.517 e. The van der Waals surface area contributed by atoms with Crippen molar-refractivity contribution in [3.8, 4) is 0 Å². The normalized spacial score (nSPS) is 11.9. The molecule has 0 aliphatic rings. The molecule has 3 rings (SSSR count). The lowest BCUT2D eigenvalue weighted by molar-refractivity contribution is -0.137. The molecule has 9 nitrogen and oxygen atoms in total. The molecule has 0 saturated heterocycles. The minimum atomic E-state index is -6.12. The lowest BCUT2D eigenvalue weighted by Crippen LogP contribution is -2.44. The minimum Gasteiger partial charge on any atom is -0.481 e. The molecule has 0 aliphatic heterocycles. The van der Waals surface area contributed by atoms with Crippen LogP contribution >= 0.6 is 11.6 Å². The second-order valence-corrected chi connectivity index (χ2v) is 10.8. The maximum absolute atomic E-state index is 13.6. The quantitative estimate of drug-likeness (QED) is 0.301. The van der Waals surface area contributed by atoms with Gasteiger partial charge in [-0.2, -0.15) is 25.9 Å². The van der Waals surface area contributed by atoms with Crippen molar-refractivity contribution in [2.75, 3.05) is 10.0 Å². The summed E-state index contributed by atoms with van der Waals surface area (Å²) in [4.78, 5) is 28.5. The van der Waals surface area contributed by atoms with E-state index < -0.39 is 38.7 Å². The minimum absolute atomic E-state index is 0.107. The summed E-state index contributed by atoms with van der Waals surface area (Å²) in [6.07, 6.45) is 2.14. The van der Waals surface area contributed by atoms with Crippen LogP contribution < -0.4 is 10.0 Å². The van der Waals surface area contributed by atoms with Crippen molar-refractivity contribution in [2.24, 2.45) is 0 Å². The van der Waals surface area contributed by atoms with Crippen LogP contribution in [0.5, 0.6) is 0 Å². The molecule has 0 saturated carbocycles. The van der Waals surface area contributed by atoms with Crippen LogP contribution in [0, 0.1) is 0 Å². The number of carbonyl (C=O) groups is 2. The van der Waals surface area contributed by atoms with Crippen molar-refractivity contribution in [1.82, 2.24) is 9.55 Å². The molecule has 3 aromatic rings. The smallest absolute Gasteiger partial charge is 0.481 e. The lowest BCUT2D eigenvalue weighted by atomic mass is 10.1. The van der Waals surface area contributed by atoms with Crippen molar-refractivity contribution in [3.63, 3.8) is 0 Å². The van der Waals surface area contributed by atoms with Gasteiger partial charge in [-0.1, -0.05) is 49.2 Å². The molecule has 0 fully saturated rings. The number of nitrogens with two attached hydrogens (primary N) is 1. The number of hydrogen-bond donors (Lipinski definition) is 2. The van der Waals surface area contributed by atoms with Gasteiger partial charge >= 0.3 is 21.5 Å². The highest BCUT2D eigenvalue weighted by molar-refractivity contribution is 7.94. The number of benzene rings is 2. The standard InChI is InChI=1S/C25H26ClF3N4O5S/c1-2-3-8-21-31-23(26)20(13-14-22(34)35)32(21)15-16-9-11-17(12-10-16)33(39(37,38)25(27,28)29)24(36)18-6-4-5-7-19(18)30/h4-7,9-12H,2-3,8,13-15,30H2,1H3,(H,34,35). The van der Waals surface area contributed by atoms with Gasteiger partial charge in [-0.15, -0.1) is 0 Å². The number of amides is 1. The molecule has 0 aliphatic carbocycles. The summed E-state index contributed by atoms with van der Waals surface area (Å²) in [5.74, 6) is -1.87. The molecule has 0 atom stereocenters. The van der Waals surface area contributed by atoms with Crippen molar-refractivity contribution < 1.29 is 36.3 Å². The van der Waals surface area contributed by atoms with Crippen LogP contribution in [0.15, 0.2) is 48.5 Å². The van der Waals surface area contributed by atoms with E-state index in [2.05, 4.69) is 4.98 Å². The third-order valence-electron chi connectivity index (χ3n) is 5.85. The number of carbonyl (C=O) groups excluding carboxylic acids is 1. The summed E-state index contributed by atoms with van der Waals surface area (Å²) >= 11 is 6.29. The van der Waals surface area contributed by atoms with Crippen LogP contribution in [0.1, 0.15) is 53.6 Å². The van der Waals surface area contributed by atoms with E-state index in [4.69, 9.17) is 22.4 Å². The molecule has 3 N–H and O–H groups in total. The van der Waals surface area contributed by atoms with Gasteiger partial charge in [-0.3, -0.25) is 9.59 Å². The average molecular weight is 587 g/mol. The highest BCUT2D eigenvalue weighted by Gasteiger charge is 2.52. The Balaban J connectivity index is 2.02. The van der Waals surface area contributed by atoms with Crippen molar-refractivity contribution in [3.05, 3.63) is 76.3 Å². The second-order valence-electron chi connectivity index (χ2n) is 8.62. The third-order valence-corrected chi connectivity index (χ3v) is 7.60. The van der Waals surface area contributed by atoms with E-state index in [9.17, 15) is 31.2 Å². The molecule has 1 heterocycles. The molecule has 0 radical (unpaired) electrons. The van der Waals surface area contributed by atoms with E-state index in [1.165, 1.54) is 30.3 Å². The molecular formula is C25H26ClF3N4O5S. The van der Waals surface area contributed by atoms with Crippen LogP contribution in [-0.2, 0) is 34.2 Å². The van der Waals surface area contributed by atoms with Gasteiger partial charge in [-0.25, -0.2) is 4.98 Å². The number of hydrogen-bond acceptors (Lipinski definition) is 6.